The van der Waals surface area contributed by atoms with Crippen molar-refractivity contribution in [1.82, 2.24) is 24.9 Å². The van der Waals surface area contributed by atoms with E-state index in [0.717, 1.165) is 5.56 Å². The lowest BCUT2D eigenvalue weighted by Gasteiger charge is -2.34. The quantitative estimate of drug-likeness (QED) is 0.592. The summed E-state index contributed by atoms with van der Waals surface area (Å²) in [6.45, 7) is 6.39. The number of benzene rings is 2. The molecule has 10 heteroatoms. The largest absolute Gasteiger partial charge is 0.457 e. The number of carbonyl (C=O) groups is 4. The van der Waals surface area contributed by atoms with Crippen LogP contribution in [0.15, 0.2) is 65.9 Å². The van der Waals surface area contributed by atoms with E-state index in [-0.39, 0.29) is 43.3 Å². The highest BCUT2D eigenvalue weighted by molar-refractivity contribution is 6.01. The molecule has 3 heterocycles. The number of nitrogens with one attached hydrogen (secondary N) is 1. The van der Waals surface area contributed by atoms with E-state index >= 15 is 0 Å². The van der Waals surface area contributed by atoms with Gasteiger partial charge in [0.15, 0.2) is 0 Å². The number of amides is 5. The maximum absolute atomic E-state index is 13.7. The monoisotopic (exact) mass is 531 g/mol. The van der Waals surface area contributed by atoms with E-state index in [0.29, 0.717) is 55.5 Å². The van der Waals surface area contributed by atoms with E-state index < -0.39 is 6.04 Å². The van der Waals surface area contributed by atoms with E-state index in [1.165, 1.54) is 6.92 Å². The molecule has 5 amide bonds. The molecule has 1 atom stereocenters. The molecular formula is C29H33N5O5. The van der Waals surface area contributed by atoms with Gasteiger partial charge in [0, 0.05) is 52.6 Å². The molecule has 1 fully saturated rings. The van der Waals surface area contributed by atoms with Crippen LogP contribution in [-0.4, -0.2) is 89.2 Å². The third-order valence-corrected chi connectivity index (χ3v) is 7.46. The lowest BCUT2D eigenvalue weighted by Crippen LogP contribution is -2.50. The first-order valence-corrected chi connectivity index (χ1v) is 13.3. The minimum atomic E-state index is -0.623. The topological polar surface area (TPSA) is 102 Å². The number of para-hydroxylation sites is 1. The van der Waals surface area contributed by atoms with Crippen LogP contribution in [-0.2, 0) is 14.4 Å². The Labute approximate surface area is 227 Å². The summed E-state index contributed by atoms with van der Waals surface area (Å²) < 4.78 is 5.98. The fraction of sp³-hybridized carbons (Fsp3) is 0.379. The second-order valence-corrected chi connectivity index (χ2v) is 9.84. The third-order valence-electron chi connectivity index (χ3n) is 7.46. The number of piperazine rings is 1. The average molecular weight is 532 g/mol. The maximum atomic E-state index is 13.7. The predicted molar refractivity (Wildman–Crippen MR) is 144 cm³/mol. The number of carbonyl (C=O) groups excluding carboxylic acids is 4. The van der Waals surface area contributed by atoms with Gasteiger partial charge in [-0.2, -0.15) is 0 Å². The summed E-state index contributed by atoms with van der Waals surface area (Å²) in [7, 11) is 0. The van der Waals surface area contributed by atoms with Crippen molar-refractivity contribution in [2.24, 2.45) is 0 Å². The van der Waals surface area contributed by atoms with Crippen molar-refractivity contribution in [2.75, 3.05) is 45.8 Å². The first-order chi connectivity index (χ1) is 18.9. The van der Waals surface area contributed by atoms with Crippen molar-refractivity contribution in [2.45, 2.75) is 26.3 Å². The summed E-state index contributed by atoms with van der Waals surface area (Å²) in [6.07, 6.45) is 0.185. The second-order valence-electron chi connectivity index (χ2n) is 9.84. The van der Waals surface area contributed by atoms with Gasteiger partial charge in [0.2, 0.25) is 11.8 Å². The van der Waals surface area contributed by atoms with E-state index in [9.17, 15) is 19.2 Å². The molecule has 1 unspecified atom stereocenters. The fourth-order valence-corrected chi connectivity index (χ4v) is 5.36. The Bertz CT molecular complexity index is 1300. The smallest absolute Gasteiger partial charge is 0.322 e. The molecule has 2 aromatic carbocycles. The Morgan fingerprint density at radius 3 is 2.33 bits per heavy atom. The zero-order chi connectivity index (χ0) is 27.5. The summed E-state index contributed by atoms with van der Waals surface area (Å²) >= 11 is 0. The number of nitrogens with zero attached hydrogens (tertiary/aromatic N) is 4. The van der Waals surface area contributed by atoms with Gasteiger partial charge in [-0.3, -0.25) is 19.3 Å². The van der Waals surface area contributed by atoms with Crippen LogP contribution in [0.1, 0.15) is 31.9 Å². The number of urea groups is 1. The molecule has 0 saturated carbocycles. The van der Waals surface area contributed by atoms with Gasteiger partial charge in [-0.1, -0.05) is 30.3 Å². The molecule has 1 N–H and O–H groups in total. The molecular weight excluding hydrogens is 498 g/mol. The van der Waals surface area contributed by atoms with Crippen LogP contribution < -0.4 is 10.1 Å². The molecule has 2 aromatic rings. The molecule has 5 rings (SSSR count). The van der Waals surface area contributed by atoms with Crippen LogP contribution in [0.2, 0.25) is 0 Å². The molecule has 3 aliphatic rings. The van der Waals surface area contributed by atoms with Crippen LogP contribution in [0.25, 0.3) is 0 Å². The average Bonchev–Trinajstić information content (AvgIpc) is 3.27. The van der Waals surface area contributed by atoms with Crippen LogP contribution >= 0.6 is 0 Å². The summed E-state index contributed by atoms with van der Waals surface area (Å²) in [5, 5.41) is 3.00. The standard InChI is InChI=1S/C29H33N5O5/c1-3-34-24-19-33(13-12-25(36)32-16-14-31(15-17-32)20(2)35)28(37)26(24)27(30-29(34)38)21-8-7-11-23(18-21)39-22-9-5-4-6-10-22/h4-11,18,27H,3,12-17,19H2,1-2H3,(H,30,38). The van der Waals surface area contributed by atoms with E-state index in [4.69, 9.17) is 4.74 Å². The Morgan fingerprint density at radius 2 is 1.64 bits per heavy atom. The first-order valence-electron chi connectivity index (χ1n) is 13.3. The molecule has 0 radical (unpaired) electrons. The van der Waals surface area contributed by atoms with Crippen LogP contribution in [0.5, 0.6) is 11.5 Å². The maximum Gasteiger partial charge on any atom is 0.322 e. The third kappa shape index (κ3) is 5.45. The normalized spacial score (nSPS) is 19.3. The van der Waals surface area contributed by atoms with Crippen molar-refractivity contribution in [1.29, 1.82) is 0 Å². The number of rotatable bonds is 7. The molecule has 10 nitrogen and oxygen atoms in total. The van der Waals surface area contributed by atoms with Crippen LogP contribution in [0, 0.1) is 0 Å². The first kappa shape index (κ1) is 26.3. The van der Waals surface area contributed by atoms with Gasteiger partial charge in [-0.15, -0.1) is 0 Å². The predicted octanol–water partition coefficient (Wildman–Crippen LogP) is 2.74. The molecule has 1 saturated heterocycles. The minimum Gasteiger partial charge on any atom is -0.457 e. The van der Waals surface area contributed by atoms with Gasteiger partial charge in [0.05, 0.1) is 23.9 Å². The van der Waals surface area contributed by atoms with Crippen molar-refractivity contribution in [3.8, 4) is 11.5 Å². The Morgan fingerprint density at radius 1 is 0.949 bits per heavy atom. The molecule has 0 aliphatic carbocycles. The minimum absolute atomic E-state index is 0.0109. The van der Waals surface area contributed by atoms with Crippen molar-refractivity contribution in [3.63, 3.8) is 0 Å². The SMILES string of the molecule is CCN1C(=O)NC(c2cccc(Oc3ccccc3)c2)C2=C1CN(CCC(=O)N1CCN(C(C)=O)CC1)C2=O. The van der Waals surface area contributed by atoms with E-state index in [1.54, 1.807) is 19.6 Å². The Hall–Kier alpha value is -4.34. The van der Waals surface area contributed by atoms with Crippen molar-refractivity contribution < 1.29 is 23.9 Å². The number of hydrogen-bond acceptors (Lipinski definition) is 5. The molecule has 0 bridgehead atoms. The molecule has 39 heavy (non-hydrogen) atoms. The molecule has 204 valence electrons. The number of ether oxygens (including phenoxy) is 1. The lowest BCUT2D eigenvalue weighted by molar-refractivity contribution is -0.139. The van der Waals surface area contributed by atoms with Gasteiger partial charge >= 0.3 is 6.03 Å². The number of hydrogen-bond donors (Lipinski definition) is 1. The summed E-state index contributed by atoms with van der Waals surface area (Å²) in [4.78, 5) is 57.9. The van der Waals surface area contributed by atoms with Gasteiger partial charge in [0.25, 0.3) is 5.91 Å². The number of likely N-dealkylation sites (N-methyl/N-ethyl adjacent to an activating group) is 1. The van der Waals surface area contributed by atoms with Crippen molar-refractivity contribution in [3.05, 3.63) is 71.4 Å². The van der Waals surface area contributed by atoms with E-state index in [1.807, 2.05) is 61.5 Å². The zero-order valence-electron chi connectivity index (χ0n) is 22.3. The fourth-order valence-electron chi connectivity index (χ4n) is 5.36. The van der Waals surface area contributed by atoms with Crippen LogP contribution in [0.3, 0.4) is 0 Å². The zero-order valence-corrected chi connectivity index (χ0v) is 22.3. The highest BCUT2D eigenvalue weighted by atomic mass is 16.5. The molecule has 3 aliphatic heterocycles. The van der Waals surface area contributed by atoms with Crippen LogP contribution in [0.4, 0.5) is 4.79 Å². The van der Waals surface area contributed by atoms with Gasteiger partial charge in [-0.25, -0.2) is 4.79 Å². The summed E-state index contributed by atoms with van der Waals surface area (Å²) in [5.41, 5.74) is 1.94. The Kier molecular flexibility index (Phi) is 7.53. The highest BCUT2D eigenvalue weighted by Crippen LogP contribution is 2.37. The summed E-state index contributed by atoms with van der Waals surface area (Å²) in [5.74, 6) is 1.08. The second kappa shape index (κ2) is 11.2. The lowest BCUT2D eigenvalue weighted by atomic mass is 9.95. The highest BCUT2D eigenvalue weighted by Gasteiger charge is 2.43. The summed E-state index contributed by atoms with van der Waals surface area (Å²) in [6, 6.07) is 15.9. The van der Waals surface area contributed by atoms with Gasteiger partial charge in [0.1, 0.15) is 11.5 Å². The van der Waals surface area contributed by atoms with E-state index in [2.05, 4.69) is 5.32 Å². The van der Waals surface area contributed by atoms with Gasteiger partial charge in [-0.05, 0) is 36.8 Å². The van der Waals surface area contributed by atoms with Crippen molar-refractivity contribution >= 4 is 23.8 Å². The molecule has 0 aromatic heterocycles. The Balaban J connectivity index is 1.30. The van der Waals surface area contributed by atoms with Gasteiger partial charge < -0.3 is 24.8 Å². The molecule has 0 spiro atoms.